The third-order valence-corrected chi connectivity index (χ3v) is 4.50. The van der Waals surface area contributed by atoms with Crippen LogP contribution in [0, 0.1) is 10.1 Å². The highest BCUT2D eigenvalue weighted by Crippen LogP contribution is 2.29. The number of anilines is 1. The number of ether oxygens (including phenoxy) is 2. The van der Waals surface area contributed by atoms with E-state index < -0.39 is 4.92 Å². The van der Waals surface area contributed by atoms with Crippen molar-refractivity contribution >= 4 is 28.9 Å². The van der Waals surface area contributed by atoms with E-state index in [9.17, 15) is 14.9 Å². The highest BCUT2D eigenvalue weighted by atomic mass is 35.5. The van der Waals surface area contributed by atoms with Gasteiger partial charge in [-0.3, -0.25) is 19.8 Å². The van der Waals surface area contributed by atoms with Crippen LogP contribution >= 0.6 is 11.6 Å². The highest BCUT2D eigenvalue weighted by molar-refractivity contribution is 6.34. The number of non-ortho nitro benzene ring substituents is 1. The van der Waals surface area contributed by atoms with E-state index >= 15 is 0 Å². The second kappa shape index (κ2) is 10.6. The quantitative estimate of drug-likeness (QED) is 0.458. The topological polar surface area (TPSA) is 93.9 Å². The van der Waals surface area contributed by atoms with Gasteiger partial charge >= 0.3 is 0 Å². The van der Waals surface area contributed by atoms with Crippen LogP contribution in [0.5, 0.6) is 11.5 Å². The summed E-state index contributed by atoms with van der Waals surface area (Å²) in [5.41, 5.74) is 1.18. The van der Waals surface area contributed by atoms with Gasteiger partial charge in [0.2, 0.25) is 5.91 Å². The first-order chi connectivity index (χ1) is 13.9. The summed E-state index contributed by atoms with van der Waals surface area (Å²) in [4.78, 5) is 24.6. The molecular weight excluding hydrogens is 398 g/mol. The van der Waals surface area contributed by atoms with E-state index in [2.05, 4.69) is 5.32 Å². The zero-order valence-electron chi connectivity index (χ0n) is 16.6. The molecule has 2 rings (SSSR count). The molecule has 0 heterocycles. The Morgan fingerprint density at radius 3 is 2.55 bits per heavy atom. The first-order valence-electron chi connectivity index (χ1n) is 9.13. The summed E-state index contributed by atoms with van der Waals surface area (Å²) in [7, 11) is 1.58. The van der Waals surface area contributed by atoms with Gasteiger partial charge in [0.15, 0.2) is 11.5 Å². The Bertz CT molecular complexity index is 875. The van der Waals surface area contributed by atoms with Crippen molar-refractivity contribution < 1.29 is 19.2 Å². The standard InChI is InChI=1S/C20H24ClN3O5/c1-4-23(12-14-6-9-18(29-5-2)19(10-14)28-3)13-20(25)22-17-8-7-15(24(26)27)11-16(17)21/h6-11H,4-5,12-13H2,1-3H3,(H,22,25). The number of benzene rings is 2. The lowest BCUT2D eigenvalue weighted by Crippen LogP contribution is -2.32. The van der Waals surface area contributed by atoms with Crippen LogP contribution in [0.25, 0.3) is 0 Å². The number of rotatable bonds is 10. The number of halogens is 1. The number of amides is 1. The van der Waals surface area contributed by atoms with Gasteiger partial charge in [0.05, 0.1) is 35.9 Å². The van der Waals surface area contributed by atoms with Crippen molar-refractivity contribution in [3.8, 4) is 11.5 Å². The van der Waals surface area contributed by atoms with Crippen molar-refractivity contribution in [2.75, 3.05) is 32.1 Å². The van der Waals surface area contributed by atoms with Gasteiger partial charge in [-0.05, 0) is 37.2 Å². The number of nitrogens with zero attached hydrogens (tertiary/aromatic N) is 2. The molecule has 1 N–H and O–H groups in total. The Morgan fingerprint density at radius 1 is 1.21 bits per heavy atom. The smallest absolute Gasteiger partial charge is 0.271 e. The summed E-state index contributed by atoms with van der Waals surface area (Å²) in [6, 6.07) is 9.60. The fourth-order valence-corrected chi connectivity index (χ4v) is 2.96. The monoisotopic (exact) mass is 421 g/mol. The largest absolute Gasteiger partial charge is 0.493 e. The molecule has 1 amide bonds. The summed E-state index contributed by atoms with van der Waals surface area (Å²) >= 11 is 6.03. The van der Waals surface area contributed by atoms with E-state index in [0.717, 1.165) is 5.56 Å². The molecular formula is C20H24ClN3O5. The van der Waals surface area contributed by atoms with Crippen LogP contribution in [0.4, 0.5) is 11.4 Å². The van der Waals surface area contributed by atoms with Gasteiger partial charge in [-0.1, -0.05) is 24.6 Å². The number of carbonyl (C=O) groups is 1. The van der Waals surface area contributed by atoms with E-state index in [1.165, 1.54) is 18.2 Å². The molecule has 0 radical (unpaired) electrons. The van der Waals surface area contributed by atoms with Crippen LogP contribution in [0.2, 0.25) is 5.02 Å². The van der Waals surface area contributed by atoms with Crippen LogP contribution in [0.15, 0.2) is 36.4 Å². The van der Waals surface area contributed by atoms with Gasteiger partial charge in [0.1, 0.15) is 0 Å². The van der Waals surface area contributed by atoms with Gasteiger partial charge in [-0.15, -0.1) is 0 Å². The van der Waals surface area contributed by atoms with Crippen molar-refractivity contribution in [3.63, 3.8) is 0 Å². The Balaban J connectivity index is 2.02. The van der Waals surface area contributed by atoms with Gasteiger partial charge in [0, 0.05) is 18.7 Å². The van der Waals surface area contributed by atoms with E-state index in [0.29, 0.717) is 36.9 Å². The molecule has 0 saturated heterocycles. The molecule has 0 aromatic heterocycles. The predicted molar refractivity (Wildman–Crippen MR) is 112 cm³/mol. The maximum Gasteiger partial charge on any atom is 0.271 e. The molecule has 0 spiro atoms. The molecule has 0 aliphatic carbocycles. The number of hydrogen-bond acceptors (Lipinski definition) is 6. The lowest BCUT2D eigenvalue weighted by Gasteiger charge is -2.21. The number of carbonyl (C=O) groups excluding carboxylic acids is 1. The van der Waals surface area contributed by atoms with E-state index in [4.69, 9.17) is 21.1 Å². The van der Waals surface area contributed by atoms with Crippen LogP contribution in [0.3, 0.4) is 0 Å². The van der Waals surface area contributed by atoms with Crippen molar-refractivity contribution in [1.29, 1.82) is 0 Å². The number of nitrogens with one attached hydrogen (secondary N) is 1. The number of methoxy groups -OCH3 is 1. The summed E-state index contributed by atoms with van der Waals surface area (Å²) in [6.45, 7) is 5.74. The highest BCUT2D eigenvalue weighted by Gasteiger charge is 2.15. The summed E-state index contributed by atoms with van der Waals surface area (Å²) in [5, 5.41) is 13.6. The molecule has 0 saturated carbocycles. The first kappa shape index (κ1) is 22.4. The fraction of sp³-hybridized carbons (Fsp3) is 0.350. The predicted octanol–water partition coefficient (Wildman–Crippen LogP) is 4.12. The van der Waals surface area contributed by atoms with Gasteiger partial charge in [-0.2, -0.15) is 0 Å². The maximum atomic E-state index is 12.4. The molecule has 2 aromatic rings. The fourth-order valence-electron chi connectivity index (χ4n) is 2.73. The van der Waals surface area contributed by atoms with E-state index in [1.54, 1.807) is 7.11 Å². The van der Waals surface area contributed by atoms with Gasteiger partial charge < -0.3 is 14.8 Å². The number of nitro groups is 1. The Morgan fingerprint density at radius 2 is 1.97 bits per heavy atom. The zero-order valence-corrected chi connectivity index (χ0v) is 17.4. The van der Waals surface area contributed by atoms with Crippen molar-refractivity contribution in [1.82, 2.24) is 4.90 Å². The Hall–Kier alpha value is -2.84. The van der Waals surface area contributed by atoms with Crippen molar-refractivity contribution in [3.05, 3.63) is 57.1 Å². The molecule has 29 heavy (non-hydrogen) atoms. The Labute approximate surface area is 174 Å². The summed E-state index contributed by atoms with van der Waals surface area (Å²) in [5.74, 6) is 1.05. The molecule has 0 aliphatic heterocycles. The maximum absolute atomic E-state index is 12.4. The van der Waals surface area contributed by atoms with E-state index in [-0.39, 0.29) is 23.2 Å². The number of likely N-dealkylation sites (N-methyl/N-ethyl adjacent to an activating group) is 1. The number of hydrogen-bond donors (Lipinski definition) is 1. The first-order valence-corrected chi connectivity index (χ1v) is 9.51. The average molecular weight is 422 g/mol. The molecule has 156 valence electrons. The second-order valence-corrected chi connectivity index (χ2v) is 6.60. The normalized spacial score (nSPS) is 10.7. The lowest BCUT2D eigenvalue weighted by molar-refractivity contribution is -0.384. The molecule has 8 nitrogen and oxygen atoms in total. The lowest BCUT2D eigenvalue weighted by atomic mass is 10.2. The minimum absolute atomic E-state index is 0.117. The van der Waals surface area contributed by atoms with Crippen molar-refractivity contribution in [2.45, 2.75) is 20.4 Å². The molecule has 0 unspecified atom stereocenters. The van der Waals surface area contributed by atoms with E-state index in [1.807, 2.05) is 36.9 Å². The molecule has 2 aromatic carbocycles. The zero-order chi connectivity index (χ0) is 21.4. The molecule has 0 bridgehead atoms. The van der Waals surface area contributed by atoms with Crippen LogP contribution in [0.1, 0.15) is 19.4 Å². The number of nitro benzene ring substituents is 1. The molecule has 0 aliphatic rings. The van der Waals surface area contributed by atoms with Gasteiger partial charge in [0.25, 0.3) is 5.69 Å². The van der Waals surface area contributed by atoms with Crippen LogP contribution < -0.4 is 14.8 Å². The van der Waals surface area contributed by atoms with Crippen LogP contribution in [-0.4, -0.2) is 42.5 Å². The Kier molecular flexibility index (Phi) is 8.23. The summed E-state index contributed by atoms with van der Waals surface area (Å²) < 4.78 is 10.9. The molecule has 9 heteroatoms. The molecule has 0 fully saturated rings. The second-order valence-electron chi connectivity index (χ2n) is 6.19. The summed E-state index contributed by atoms with van der Waals surface area (Å²) in [6.07, 6.45) is 0. The molecule has 0 atom stereocenters. The third kappa shape index (κ3) is 6.33. The van der Waals surface area contributed by atoms with Crippen molar-refractivity contribution in [2.24, 2.45) is 0 Å². The minimum Gasteiger partial charge on any atom is -0.493 e. The van der Waals surface area contributed by atoms with Gasteiger partial charge in [-0.25, -0.2) is 0 Å². The SMILES string of the molecule is CCOc1ccc(CN(CC)CC(=O)Nc2ccc([N+](=O)[O-])cc2Cl)cc1OC. The average Bonchev–Trinajstić information content (AvgIpc) is 2.70. The minimum atomic E-state index is -0.540. The third-order valence-electron chi connectivity index (χ3n) is 4.19. The van der Waals surface area contributed by atoms with Crippen LogP contribution in [-0.2, 0) is 11.3 Å².